The maximum absolute atomic E-state index is 4.16. The highest BCUT2D eigenvalue weighted by Gasteiger charge is 2.03. The lowest BCUT2D eigenvalue weighted by molar-refractivity contribution is 0.619. The third-order valence-corrected chi connectivity index (χ3v) is 2.34. The second-order valence-electron chi connectivity index (χ2n) is 2.71. The molecule has 0 saturated carbocycles. The Kier molecular flexibility index (Phi) is 2.83. The largest absolute Gasteiger partial charge is 0.261 e. The van der Waals surface area contributed by atoms with Crippen molar-refractivity contribution in [3.8, 4) is 0 Å². The van der Waals surface area contributed by atoms with Gasteiger partial charge in [0.25, 0.3) is 0 Å². The van der Waals surface area contributed by atoms with Crippen LogP contribution in [0.5, 0.6) is 0 Å². The zero-order valence-electron chi connectivity index (χ0n) is 7.34. The highest BCUT2D eigenvalue weighted by Crippen LogP contribution is 2.04. The van der Waals surface area contributed by atoms with E-state index >= 15 is 0 Å². The molecular formula is C8H8BrN5. The average Bonchev–Trinajstić information content (AvgIpc) is 2.67. The number of hydrogen-bond donors (Lipinski definition) is 0. The summed E-state index contributed by atoms with van der Waals surface area (Å²) < 4.78 is 1.79. The molecule has 0 spiro atoms. The Morgan fingerprint density at radius 1 is 1.29 bits per heavy atom. The van der Waals surface area contributed by atoms with Gasteiger partial charge in [-0.3, -0.25) is 9.97 Å². The van der Waals surface area contributed by atoms with Crippen LogP contribution in [0.25, 0.3) is 0 Å². The smallest absolute Gasteiger partial charge is 0.0868 e. The van der Waals surface area contributed by atoms with Crippen LogP contribution in [0.1, 0.15) is 11.4 Å². The van der Waals surface area contributed by atoms with E-state index in [2.05, 4.69) is 36.2 Å². The van der Waals surface area contributed by atoms with Crippen molar-refractivity contribution < 1.29 is 0 Å². The summed E-state index contributed by atoms with van der Waals surface area (Å²) in [4.78, 5) is 8.15. The molecule has 0 aromatic carbocycles. The summed E-state index contributed by atoms with van der Waals surface area (Å²) in [5, 5.41) is 8.51. The van der Waals surface area contributed by atoms with Crippen LogP contribution < -0.4 is 0 Å². The summed E-state index contributed by atoms with van der Waals surface area (Å²) in [6.45, 7) is 0.606. The fraction of sp³-hybridized carbons (Fsp3) is 0.250. The monoisotopic (exact) mass is 253 g/mol. The van der Waals surface area contributed by atoms with E-state index in [1.807, 2.05) is 0 Å². The molecule has 0 saturated heterocycles. The van der Waals surface area contributed by atoms with Crippen LogP contribution in [0.15, 0.2) is 24.8 Å². The second-order valence-corrected chi connectivity index (χ2v) is 3.27. The Labute approximate surface area is 89.3 Å². The van der Waals surface area contributed by atoms with Gasteiger partial charge < -0.3 is 0 Å². The van der Waals surface area contributed by atoms with Crippen molar-refractivity contribution in [1.82, 2.24) is 25.0 Å². The highest BCUT2D eigenvalue weighted by molar-refractivity contribution is 9.08. The maximum Gasteiger partial charge on any atom is 0.0868 e. The number of nitrogens with zero attached hydrogens (tertiary/aromatic N) is 5. The molecular weight excluding hydrogens is 246 g/mol. The first-order valence-corrected chi connectivity index (χ1v) is 5.20. The van der Waals surface area contributed by atoms with Gasteiger partial charge in [-0.2, -0.15) is 0 Å². The number of halogens is 1. The summed E-state index contributed by atoms with van der Waals surface area (Å²) in [6, 6.07) is 0. The molecule has 0 radical (unpaired) electrons. The van der Waals surface area contributed by atoms with Crippen LogP contribution in [0.2, 0.25) is 0 Å². The van der Waals surface area contributed by atoms with Crippen molar-refractivity contribution in [3.05, 3.63) is 36.2 Å². The number of aromatic nitrogens is 5. The van der Waals surface area contributed by atoms with Crippen molar-refractivity contribution >= 4 is 15.9 Å². The topological polar surface area (TPSA) is 56.5 Å². The van der Waals surface area contributed by atoms with Crippen molar-refractivity contribution in [2.75, 3.05) is 0 Å². The van der Waals surface area contributed by atoms with E-state index in [9.17, 15) is 0 Å². The molecule has 2 rings (SSSR count). The van der Waals surface area contributed by atoms with Gasteiger partial charge in [-0.15, -0.1) is 5.10 Å². The predicted molar refractivity (Wildman–Crippen MR) is 53.8 cm³/mol. The van der Waals surface area contributed by atoms with Gasteiger partial charge in [0.15, 0.2) is 0 Å². The number of hydrogen-bond acceptors (Lipinski definition) is 4. The molecule has 0 amide bonds. The molecule has 2 aromatic rings. The SMILES string of the molecule is BrCc1cnnn1Cc1cnccn1. The lowest BCUT2D eigenvalue weighted by Gasteiger charge is -2.01. The minimum Gasteiger partial charge on any atom is -0.261 e. The first kappa shape index (κ1) is 9.26. The number of rotatable bonds is 3. The number of alkyl halides is 1. The predicted octanol–water partition coefficient (Wildman–Crippen LogP) is 1.01. The van der Waals surface area contributed by atoms with Crippen molar-refractivity contribution in [2.45, 2.75) is 11.9 Å². The van der Waals surface area contributed by atoms with Gasteiger partial charge in [0.1, 0.15) is 0 Å². The summed E-state index contributed by atoms with van der Waals surface area (Å²) in [5.41, 5.74) is 1.90. The average molecular weight is 254 g/mol. The van der Waals surface area contributed by atoms with Crippen molar-refractivity contribution in [2.24, 2.45) is 0 Å². The molecule has 0 aliphatic carbocycles. The van der Waals surface area contributed by atoms with Gasteiger partial charge >= 0.3 is 0 Å². The van der Waals surface area contributed by atoms with Gasteiger partial charge in [0, 0.05) is 17.7 Å². The quantitative estimate of drug-likeness (QED) is 0.767. The standard InChI is InChI=1S/C8H8BrN5/c9-3-8-5-12-13-14(8)6-7-4-10-1-2-11-7/h1-2,4-5H,3,6H2. The summed E-state index contributed by atoms with van der Waals surface area (Å²) in [5.74, 6) is 0. The zero-order chi connectivity index (χ0) is 9.80. The van der Waals surface area contributed by atoms with E-state index in [1.165, 1.54) is 0 Å². The Balaban J connectivity index is 2.19. The van der Waals surface area contributed by atoms with E-state index in [4.69, 9.17) is 0 Å². The second kappa shape index (κ2) is 4.28. The van der Waals surface area contributed by atoms with Gasteiger partial charge in [0.05, 0.1) is 30.3 Å². The van der Waals surface area contributed by atoms with E-state index in [0.29, 0.717) is 6.54 Å². The van der Waals surface area contributed by atoms with Crippen molar-refractivity contribution in [3.63, 3.8) is 0 Å². The first-order valence-electron chi connectivity index (χ1n) is 4.08. The molecule has 6 heteroatoms. The van der Waals surface area contributed by atoms with Gasteiger partial charge in [0.2, 0.25) is 0 Å². The fourth-order valence-electron chi connectivity index (χ4n) is 1.08. The Bertz CT molecular complexity index is 399. The van der Waals surface area contributed by atoms with Crippen LogP contribution in [-0.2, 0) is 11.9 Å². The van der Waals surface area contributed by atoms with Crippen LogP contribution in [-0.4, -0.2) is 25.0 Å². The fourth-order valence-corrected chi connectivity index (χ4v) is 1.51. The Hall–Kier alpha value is -1.30. The van der Waals surface area contributed by atoms with Crippen LogP contribution >= 0.6 is 15.9 Å². The van der Waals surface area contributed by atoms with E-state index in [1.54, 1.807) is 29.5 Å². The minimum absolute atomic E-state index is 0.606. The maximum atomic E-state index is 4.16. The lowest BCUT2D eigenvalue weighted by atomic mass is 10.4. The van der Waals surface area contributed by atoms with Gasteiger partial charge in [-0.1, -0.05) is 21.1 Å². The summed E-state index contributed by atoms with van der Waals surface area (Å²) in [7, 11) is 0. The van der Waals surface area contributed by atoms with Crippen LogP contribution in [0.3, 0.4) is 0 Å². The lowest BCUT2D eigenvalue weighted by Crippen LogP contribution is -2.06. The third kappa shape index (κ3) is 1.95. The van der Waals surface area contributed by atoms with E-state index in [0.717, 1.165) is 16.7 Å². The van der Waals surface area contributed by atoms with E-state index in [-0.39, 0.29) is 0 Å². The van der Waals surface area contributed by atoms with Crippen LogP contribution in [0, 0.1) is 0 Å². The molecule has 72 valence electrons. The molecule has 0 fully saturated rings. The molecule has 0 N–H and O–H groups in total. The molecule has 0 unspecified atom stereocenters. The summed E-state index contributed by atoms with van der Waals surface area (Å²) >= 11 is 3.36. The molecule has 2 aromatic heterocycles. The normalized spacial score (nSPS) is 10.4. The molecule has 5 nitrogen and oxygen atoms in total. The molecule has 0 atom stereocenters. The van der Waals surface area contributed by atoms with Gasteiger partial charge in [-0.05, 0) is 0 Å². The molecule has 0 bridgehead atoms. The Morgan fingerprint density at radius 2 is 2.21 bits per heavy atom. The van der Waals surface area contributed by atoms with Crippen LogP contribution in [0.4, 0.5) is 0 Å². The minimum atomic E-state index is 0.606. The first-order chi connectivity index (χ1) is 6.90. The molecule has 0 aliphatic heterocycles. The Morgan fingerprint density at radius 3 is 2.93 bits per heavy atom. The molecule has 2 heterocycles. The highest BCUT2D eigenvalue weighted by atomic mass is 79.9. The van der Waals surface area contributed by atoms with E-state index < -0.39 is 0 Å². The zero-order valence-corrected chi connectivity index (χ0v) is 8.92. The van der Waals surface area contributed by atoms with Crippen molar-refractivity contribution in [1.29, 1.82) is 0 Å². The molecule has 0 aliphatic rings. The van der Waals surface area contributed by atoms with Gasteiger partial charge in [-0.25, -0.2) is 4.68 Å². The molecule has 14 heavy (non-hydrogen) atoms. The third-order valence-electron chi connectivity index (χ3n) is 1.76. The summed E-state index contributed by atoms with van der Waals surface area (Å²) in [6.07, 6.45) is 6.76.